The molecular formula is C27H38N8O2. The first-order valence-electron chi connectivity index (χ1n) is 13.0. The van der Waals surface area contributed by atoms with Gasteiger partial charge < -0.3 is 25.8 Å². The molecule has 3 aromatic heterocycles. The van der Waals surface area contributed by atoms with Crippen LogP contribution in [0.4, 0.5) is 11.5 Å². The van der Waals surface area contributed by atoms with E-state index in [1.54, 1.807) is 19.4 Å². The maximum atomic E-state index is 6.43. The van der Waals surface area contributed by atoms with Gasteiger partial charge in [-0.25, -0.2) is 9.67 Å². The van der Waals surface area contributed by atoms with Crippen molar-refractivity contribution < 1.29 is 9.47 Å². The van der Waals surface area contributed by atoms with Crippen molar-refractivity contribution in [3.05, 3.63) is 30.7 Å². The second kappa shape index (κ2) is 9.90. The molecular weight excluding hydrogens is 468 g/mol. The van der Waals surface area contributed by atoms with E-state index in [9.17, 15) is 0 Å². The summed E-state index contributed by atoms with van der Waals surface area (Å²) in [5.41, 5.74) is 9.98. The van der Waals surface area contributed by atoms with Gasteiger partial charge in [-0.05, 0) is 71.9 Å². The Morgan fingerprint density at radius 3 is 2.54 bits per heavy atom. The Morgan fingerprint density at radius 1 is 1.08 bits per heavy atom. The van der Waals surface area contributed by atoms with Crippen molar-refractivity contribution in [1.29, 1.82) is 0 Å². The number of nitrogens with two attached hydrogens (primary N) is 1. The van der Waals surface area contributed by atoms with Crippen LogP contribution in [0.25, 0.3) is 22.5 Å². The summed E-state index contributed by atoms with van der Waals surface area (Å²) in [7, 11) is 1.62. The highest BCUT2D eigenvalue weighted by Crippen LogP contribution is 2.35. The van der Waals surface area contributed by atoms with Crippen LogP contribution in [0.5, 0.6) is 5.75 Å². The number of nitrogens with zero attached hydrogens (tertiary/aromatic N) is 5. The van der Waals surface area contributed by atoms with Gasteiger partial charge in [-0.2, -0.15) is 5.10 Å². The summed E-state index contributed by atoms with van der Waals surface area (Å²) in [4.78, 5) is 4.66. The molecule has 198 valence electrons. The monoisotopic (exact) mass is 506 g/mol. The summed E-state index contributed by atoms with van der Waals surface area (Å²) < 4.78 is 13.4. The number of piperidine rings is 1. The highest BCUT2D eigenvalue weighted by Gasteiger charge is 2.38. The molecule has 2 aliphatic heterocycles. The van der Waals surface area contributed by atoms with Crippen molar-refractivity contribution >= 4 is 11.5 Å². The van der Waals surface area contributed by atoms with Crippen molar-refractivity contribution in [1.82, 2.24) is 30.3 Å². The Kier molecular flexibility index (Phi) is 6.80. The Labute approximate surface area is 218 Å². The van der Waals surface area contributed by atoms with Crippen LogP contribution in [-0.2, 0) is 4.74 Å². The predicted octanol–water partition coefficient (Wildman–Crippen LogP) is 4.41. The lowest BCUT2D eigenvalue weighted by Gasteiger charge is -2.46. The SMILES string of the molecule is COc1cc(-c2cnn(C3CCCCO3)c2)cnc1-c1cc(N)c(NC2CC(C)(C)NC(C)(C)C2)nn1. The fourth-order valence-electron chi connectivity index (χ4n) is 5.78. The molecule has 5 heterocycles. The number of aromatic nitrogens is 5. The summed E-state index contributed by atoms with van der Waals surface area (Å²) >= 11 is 0. The Bertz CT molecular complexity index is 1230. The van der Waals surface area contributed by atoms with Gasteiger partial charge >= 0.3 is 0 Å². The quantitative estimate of drug-likeness (QED) is 0.446. The Balaban J connectivity index is 1.35. The van der Waals surface area contributed by atoms with E-state index in [0.717, 1.165) is 49.8 Å². The van der Waals surface area contributed by atoms with E-state index in [0.29, 0.717) is 28.6 Å². The van der Waals surface area contributed by atoms with E-state index < -0.39 is 0 Å². The summed E-state index contributed by atoms with van der Waals surface area (Å²) in [5.74, 6) is 1.19. The van der Waals surface area contributed by atoms with Crippen molar-refractivity contribution in [3.63, 3.8) is 0 Å². The van der Waals surface area contributed by atoms with Crippen LogP contribution < -0.4 is 21.1 Å². The number of nitrogens with one attached hydrogen (secondary N) is 2. The van der Waals surface area contributed by atoms with Crippen LogP contribution in [-0.4, -0.2) is 55.8 Å². The topological polar surface area (TPSA) is 125 Å². The average molecular weight is 507 g/mol. The lowest BCUT2D eigenvalue weighted by atomic mass is 9.79. The number of ether oxygens (including phenoxy) is 2. The van der Waals surface area contributed by atoms with E-state index in [-0.39, 0.29) is 23.3 Å². The smallest absolute Gasteiger partial charge is 0.172 e. The fraction of sp³-hybridized carbons (Fsp3) is 0.556. The molecule has 37 heavy (non-hydrogen) atoms. The van der Waals surface area contributed by atoms with Crippen molar-refractivity contribution in [2.75, 3.05) is 24.8 Å². The first-order chi connectivity index (χ1) is 17.6. The number of methoxy groups -OCH3 is 1. The minimum atomic E-state index is -0.0102. The van der Waals surface area contributed by atoms with E-state index in [1.807, 2.05) is 23.1 Å². The second-order valence-electron chi connectivity index (χ2n) is 11.5. The van der Waals surface area contributed by atoms with Crippen LogP contribution in [0, 0.1) is 0 Å². The van der Waals surface area contributed by atoms with Gasteiger partial charge in [0.15, 0.2) is 5.82 Å². The molecule has 1 unspecified atom stereocenters. The molecule has 10 nitrogen and oxygen atoms in total. The van der Waals surface area contributed by atoms with E-state index in [4.69, 9.17) is 15.2 Å². The summed E-state index contributed by atoms with van der Waals surface area (Å²) in [6, 6.07) is 3.98. The van der Waals surface area contributed by atoms with E-state index >= 15 is 0 Å². The van der Waals surface area contributed by atoms with Crippen LogP contribution in [0.1, 0.15) is 66.0 Å². The third-order valence-electron chi connectivity index (χ3n) is 7.06. The minimum Gasteiger partial charge on any atom is -0.494 e. The van der Waals surface area contributed by atoms with Crippen LogP contribution in [0.3, 0.4) is 0 Å². The molecule has 0 spiro atoms. The van der Waals surface area contributed by atoms with Gasteiger partial charge in [-0.1, -0.05) is 0 Å². The van der Waals surface area contributed by atoms with Crippen molar-refractivity contribution in [3.8, 4) is 28.3 Å². The molecule has 3 aromatic rings. The van der Waals surface area contributed by atoms with Gasteiger partial charge in [0.2, 0.25) is 0 Å². The molecule has 2 aliphatic rings. The van der Waals surface area contributed by atoms with Gasteiger partial charge in [-0.3, -0.25) is 0 Å². The first kappa shape index (κ1) is 25.4. The normalized spacial score (nSPS) is 21.5. The molecule has 0 amide bonds. The number of hydrogen-bond donors (Lipinski definition) is 3. The zero-order chi connectivity index (χ0) is 26.2. The van der Waals surface area contributed by atoms with Crippen molar-refractivity contribution in [2.24, 2.45) is 0 Å². The standard InChI is InChI=1S/C27H38N8O2/c1-26(2)12-19(13-27(3,4)34-26)31-25-20(28)11-21(32-33-25)24-22(36-5)10-17(14-29-24)18-15-30-35(16-18)23-8-6-7-9-37-23/h10-11,14-16,19,23,34H,6-9,12-13H2,1-5H3,(H2,28,32)(H,31,33). The van der Waals surface area contributed by atoms with E-state index in [1.165, 1.54) is 0 Å². The average Bonchev–Trinajstić information content (AvgIpc) is 3.34. The summed E-state index contributed by atoms with van der Waals surface area (Å²) in [6.07, 6.45) is 10.7. The highest BCUT2D eigenvalue weighted by atomic mass is 16.5. The molecule has 0 radical (unpaired) electrons. The van der Waals surface area contributed by atoms with Gasteiger partial charge in [0.1, 0.15) is 23.4 Å². The van der Waals surface area contributed by atoms with E-state index in [2.05, 4.69) is 58.6 Å². The maximum absolute atomic E-state index is 6.43. The molecule has 2 saturated heterocycles. The molecule has 4 N–H and O–H groups in total. The third-order valence-corrected chi connectivity index (χ3v) is 7.06. The molecule has 5 rings (SSSR count). The molecule has 0 aromatic carbocycles. The van der Waals surface area contributed by atoms with Crippen LogP contribution in [0.2, 0.25) is 0 Å². The summed E-state index contributed by atoms with van der Waals surface area (Å²) in [6.45, 7) is 9.65. The molecule has 0 aliphatic carbocycles. The van der Waals surface area contributed by atoms with Crippen LogP contribution >= 0.6 is 0 Å². The number of nitrogen functional groups attached to an aromatic ring is 1. The number of pyridine rings is 1. The van der Waals surface area contributed by atoms with Crippen molar-refractivity contribution in [2.45, 2.75) is 83.1 Å². The summed E-state index contributed by atoms with van der Waals surface area (Å²) in [5, 5.41) is 20.6. The Morgan fingerprint density at radius 2 is 1.86 bits per heavy atom. The maximum Gasteiger partial charge on any atom is 0.172 e. The lowest BCUT2D eigenvalue weighted by molar-refractivity contribution is -0.0394. The first-order valence-corrected chi connectivity index (χ1v) is 13.0. The van der Waals surface area contributed by atoms with Gasteiger partial charge in [0.05, 0.1) is 19.0 Å². The van der Waals surface area contributed by atoms with Gasteiger partial charge in [-0.15, -0.1) is 10.2 Å². The van der Waals surface area contributed by atoms with Gasteiger partial charge in [0.25, 0.3) is 0 Å². The Hall–Kier alpha value is -3.24. The predicted molar refractivity (Wildman–Crippen MR) is 144 cm³/mol. The molecule has 10 heteroatoms. The van der Waals surface area contributed by atoms with Crippen LogP contribution in [0.15, 0.2) is 30.7 Å². The molecule has 0 saturated carbocycles. The lowest BCUT2D eigenvalue weighted by Crippen LogP contribution is -2.60. The zero-order valence-electron chi connectivity index (χ0n) is 22.4. The number of hydrogen-bond acceptors (Lipinski definition) is 9. The van der Waals surface area contributed by atoms with Gasteiger partial charge in [0, 0.05) is 47.2 Å². The number of anilines is 2. The molecule has 0 bridgehead atoms. The largest absolute Gasteiger partial charge is 0.494 e. The third kappa shape index (κ3) is 5.70. The second-order valence-corrected chi connectivity index (χ2v) is 11.5. The molecule has 2 fully saturated rings. The molecule has 1 atom stereocenters. The highest BCUT2D eigenvalue weighted by molar-refractivity contribution is 5.74. The number of rotatable bonds is 6. The zero-order valence-corrected chi connectivity index (χ0v) is 22.4. The minimum absolute atomic E-state index is 0.0102. The fourth-order valence-corrected chi connectivity index (χ4v) is 5.78.